The van der Waals surface area contributed by atoms with Crippen molar-refractivity contribution in [1.29, 1.82) is 0 Å². The molecule has 0 aliphatic carbocycles. The Kier molecular flexibility index (Phi) is 5.19. The first-order valence-electron chi connectivity index (χ1n) is 6.56. The Morgan fingerprint density at radius 1 is 1.48 bits per heavy atom. The maximum atomic E-state index is 13.7. The van der Waals surface area contributed by atoms with E-state index in [2.05, 4.69) is 4.98 Å². The van der Waals surface area contributed by atoms with Crippen LogP contribution in [-0.4, -0.2) is 47.8 Å². The molecule has 0 fully saturated rings. The summed E-state index contributed by atoms with van der Waals surface area (Å²) in [6.45, 7) is 1.04. The summed E-state index contributed by atoms with van der Waals surface area (Å²) in [7, 11) is 1.55. The maximum absolute atomic E-state index is 13.7. The lowest BCUT2D eigenvalue weighted by Gasteiger charge is -2.20. The van der Waals surface area contributed by atoms with Gasteiger partial charge in [-0.2, -0.15) is 0 Å². The highest BCUT2D eigenvalue weighted by atomic mass is 19.1. The highest BCUT2D eigenvalue weighted by Crippen LogP contribution is 2.19. The number of carboxylic acids is 1. The summed E-state index contributed by atoms with van der Waals surface area (Å²) in [5, 5.41) is 9.66. The Hall–Kier alpha value is -2.05. The van der Waals surface area contributed by atoms with Crippen LogP contribution in [0, 0.1) is 5.82 Å². The molecule has 0 spiro atoms. The van der Waals surface area contributed by atoms with Gasteiger partial charge in [0.05, 0.1) is 18.7 Å². The van der Waals surface area contributed by atoms with E-state index < -0.39 is 5.97 Å². The van der Waals surface area contributed by atoms with Crippen LogP contribution in [-0.2, 0) is 16.1 Å². The van der Waals surface area contributed by atoms with E-state index in [9.17, 15) is 9.18 Å². The monoisotopic (exact) mass is 292 g/mol. The number of carbonyl (C=O) groups is 1. The Morgan fingerprint density at radius 2 is 2.29 bits per heavy atom. The molecule has 1 N–H and O–H groups in total. The Balaban J connectivity index is 2.28. The fourth-order valence-electron chi connectivity index (χ4n) is 2.21. The quantitative estimate of drug-likeness (QED) is 0.844. The fraction of sp³-hybridized carbons (Fsp3) is 0.333. The molecule has 0 saturated heterocycles. The zero-order chi connectivity index (χ0) is 15.2. The predicted molar refractivity (Wildman–Crippen MR) is 76.5 cm³/mol. The van der Waals surface area contributed by atoms with Crippen molar-refractivity contribution in [2.75, 3.05) is 26.8 Å². The molecule has 1 aromatic heterocycles. The predicted octanol–water partition coefficient (Wildman–Crippen LogP) is 1.91. The first-order valence-corrected chi connectivity index (χ1v) is 6.56. The smallest absolute Gasteiger partial charge is 0.317 e. The van der Waals surface area contributed by atoms with Crippen molar-refractivity contribution in [3.8, 4) is 0 Å². The molecule has 0 amide bonds. The zero-order valence-corrected chi connectivity index (χ0v) is 11.8. The van der Waals surface area contributed by atoms with E-state index in [-0.39, 0.29) is 12.4 Å². The van der Waals surface area contributed by atoms with E-state index in [4.69, 9.17) is 9.84 Å². The van der Waals surface area contributed by atoms with Gasteiger partial charge in [0, 0.05) is 31.8 Å². The summed E-state index contributed by atoms with van der Waals surface area (Å²) in [5.74, 6) is -1.28. The van der Waals surface area contributed by atoms with Crippen LogP contribution in [0.2, 0.25) is 0 Å². The highest BCUT2D eigenvalue weighted by molar-refractivity contribution is 5.81. The Morgan fingerprint density at radius 3 is 3.00 bits per heavy atom. The molecule has 1 heterocycles. The average molecular weight is 292 g/mol. The number of rotatable bonds is 7. The molecule has 0 aliphatic heterocycles. The molecular formula is C15H17FN2O3. The standard InChI is InChI=1S/C15H17FN2O3/c1-21-6-5-18(10-14(19)20)9-12-8-13(16)7-11-3-2-4-17-15(11)12/h2-4,7-8H,5-6,9-10H2,1H3,(H,19,20). The van der Waals surface area contributed by atoms with Gasteiger partial charge in [-0.15, -0.1) is 0 Å². The van der Waals surface area contributed by atoms with Crippen LogP contribution < -0.4 is 0 Å². The SMILES string of the molecule is COCCN(CC(=O)O)Cc1cc(F)cc2cccnc12. The summed E-state index contributed by atoms with van der Waals surface area (Å²) in [4.78, 5) is 16.9. The van der Waals surface area contributed by atoms with E-state index >= 15 is 0 Å². The number of nitrogens with zero attached hydrogens (tertiary/aromatic N) is 2. The van der Waals surface area contributed by atoms with E-state index in [1.807, 2.05) is 0 Å². The van der Waals surface area contributed by atoms with Crippen LogP contribution in [0.15, 0.2) is 30.5 Å². The first-order chi connectivity index (χ1) is 10.1. The summed E-state index contributed by atoms with van der Waals surface area (Å²) < 4.78 is 18.7. The van der Waals surface area contributed by atoms with Crippen molar-refractivity contribution in [3.63, 3.8) is 0 Å². The van der Waals surface area contributed by atoms with Crippen LogP contribution in [0.4, 0.5) is 4.39 Å². The minimum Gasteiger partial charge on any atom is -0.480 e. The van der Waals surface area contributed by atoms with Crippen LogP contribution >= 0.6 is 0 Å². The van der Waals surface area contributed by atoms with Gasteiger partial charge >= 0.3 is 5.97 Å². The lowest BCUT2D eigenvalue weighted by Crippen LogP contribution is -2.32. The molecule has 2 rings (SSSR count). The zero-order valence-electron chi connectivity index (χ0n) is 11.8. The van der Waals surface area contributed by atoms with Gasteiger partial charge < -0.3 is 9.84 Å². The number of hydrogen-bond acceptors (Lipinski definition) is 4. The van der Waals surface area contributed by atoms with Gasteiger partial charge in [-0.25, -0.2) is 4.39 Å². The Bertz CT molecular complexity index is 633. The molecule has 0 atom stereocenters. The molecule has 0 bridgehead atoms. The molecule has 6 heteroatoms. The molecule has 0 unspecified atom stereocenters. The Labute approximate surface area is 122 Å². The second kappa shape index (κ2) is 7.10. The van der Waals surface area contributed by atoms with Crippen LogP contribution in [0.1, 0.15) is 5.56 Å². The minimum absolute atomic E-state index is 0.131. The lowest BCUT2D eigenvalue weighted by atomic mass is 10.1. The van der Waals surface area contributed by atoms with Gasteiger partial charge in [0.1, 0.15) is 5.82 Å². The van der Waals surface area contributed by atoms with E-state index in [1.165, 1.54) is 12.1 Å². The molecule has 1 aromatic carbocycles. The molecule has 21 heavy (non-hydrogen) atoms. The number of halogens is 1. The van der Waals surface area contributed by atoms with E-state index in [0.717, 1.165) is 0 Å². The number of methoxy groups -OCH3 is 1. The molecule has 0 aliphatic rings. The summed E-state index contributed by atoms with van der Waals surface area (Å²) in [5.41, 5.74) is 1.36. The van der Waals surface area contributed by atoms with Gasteiger partial charge in [0.2, 0.25) is 0 Å². The van der Waals surface area contributed by atoms with Gasteiger partial charge in [0.15, 0.2) is 0 Å². The minimum atomic E-state index is -0.931. The topological polar surface area (TPSA) is 62.7 Å². The maximum Gasteiger partial charge on any atom is 0.317 e. The third-order valence-electron chi connectivity index (χ3n) is 3.11. The number of aromatic nitrogens is 1. The number of fused-ring (bicyclic) bond motifs is 1. The summed E-state index contributed by atoms with van der Waals surface area (Å²) in [6.07, 6.45) is 1.64. The molecule has 2 aromatic rings. The van der Waals surface area contributed by atoms with Gasteiger partial charge in [-0.05, 0) is 23.8 Å². The normalized spacial score (nSPS) is 11.2. The van der Waals surface area contributed by atoms with E-state index in [1.54, 1.807) is 30.3 Å². The number of aliphatic carboxylic acids is 1. The van der Waals surface area contributed by atoms with Crippen LogP contribution in [0.3, 0.4) is 0 Å². The summed E-state index contributed by atoms with van der Waals surface area (Å²) in [6, 6.07) is 6.34. The van der Waals surface area contributed by atoms with Crippen molar-refractivity contribution in [2.45, 2.75) is 6.54 Å². The third kappa shape index (κ3) is 4.21. The van der Waals surface area contributed by atoms with Crippen molar-refractivity contribution in [3.05, 3.63) is 41.8 Å². The van der Waals surface area contributed by atoms with Crippen molar-refractivity contribution in [1.82, 2.24) is 9.88 Å². The number of hydrogen-bond donors (Lipinski definition) is 1. The number of ether oxygens (including phenoxy) is 1. The lowest BCUT2D eigenvalue weighted by molar-refractivity contribution is -0.138. The van der Waals surface area contributed by atoms with Crippen molar-refractivity contribution < 1.29 is 19.0 Å². The molecule has 5 nitrogen and oxygen atoms in total. The fourth-order valence-corrected chi connectivity index (χ4v) is 2.21. The first kappa shape index (κ1) is 15.3. The molecular weight excluding hydrogens is 275 g/mol. The largest absolute Gasteiger partial charge is 0.480 e. The molecule has 0 radical (unpaired) electrons. The highest BCUT2D eigenvalue weighted by Gasteiger charge is 2.13. The average Bonchev–Trinajstić information content (AvgIpc) is 2.44. The van der Waals surface area contributed by atoms with E-state index in [0.29, 0.717) is 36.2 Å². The van der Waals surface area contributed by atoms with Crippen molar-refractivity contribution >= 4 is 16.9 Å². The van der Waals surface area contributed by atoms with Crippen LogP contribution in [0.25, 0.3) is 10.9 Å². The number of pyridine rings is 1. The van der Waals surface area contributed by atoms with Gasteiger partial charge in [-0.1, -0.05) is 6.07 Å². The number of carboxylic acid groups (broad SMARTS) is 1. The van der Waals surface area contributed by atoms with Gasteiger partial charge in [0.25, 0.3) is 0 Å². The number of benzene rings is 1. The molecule has 0 saturated carbocycles. The second-order valence-electron chi connectivity index (χ2n) is 4.74. The van der Waals surface area contributed by atoms with Gasteiger partial charge in [-0.3, -0.25) is 14.7 Å². The molecule has 112 valence electrons. The second-order valence-corrected chi connectivity index (χ2v) is 4.74. The third-order valence-corrected chi connectivity index (χ3v) is 3.11. The summed E-state index contributed by atoms with van der Waals surface area (Å²) >= 11 is 0. The van der Waals surface area contributed by atoms with Crippen LogP contribution in [0.5, 0.6) is 0 Å². The van der Waals surface area contributed by atoms with Crippen molar-refractivity contribution in [2.24, 2.45) is 0 Å².